The zero-order chi connectivity index (χ0) is 17.2. The van der Waals surface area contributed by atoms with E-state index in [0.717, 1.165) is 6.04 Å². The SMILES string of the molecule is C=C(C)C(=O)OCCOCC[Si](C)(C)O[Si](C)(C)CCCC. The lowest BCUT2D eigenvalue weighted by molar-refractivity contribution is -0.140. The summed E-state index contributed by atoms with van der Waals surface area (Å²) in [4.78, 5) is 11.2. The lowest BCUT2D eigenvalue weighted by Crippen LogP contribution is -2.44. The van der Waals surface area contributed by atoms with Gasteiger partial charge in [0.15, 0.2) is 16.6 Å². The summed E-state index contributed by atoms with van der Waals surface area (Å²) in [5.74, 6) is -0.356. The molecule has 0 rings (SSSR count). The predicted octanol–water partition coefficient (Wildman–Crippen LogP) is 4.35. The summed E-state index contributed by atoms with van der Waals surface area (Å²) in [7, 11) is -3.21. The first-order valence-corrected chi connectivity index (χ1v) is 14.4. The van der Waals surface area contributed by atoms with Gasteiger partial charge < -0.3 is 13.6 Å². The highest BCUT2D eigenvalue weighted by molar-refractivity contribution is 6.84. The Morgan fingerprint density at radius 1 is 1.00 bits per heavy atom. The van der Waals surface area contributed by atoms with Gasteiger partial charge in [-0.25, -0.2) is 4.79 Å². The summed E-state index contributed by atoms with van der Waals surface area (Å²) >= 11 is 0. The molecule has 0 aromatic rings. The van der Waals surface area contributed by atoms with Gasteiger partial charge >= 0.3 is 5.97 Å². The van der Waals surface area contributed by atoms with E-state index in [1.807, 2.05) is 0 Å². The van der Waals surface area contributed by atoms with E-state index in [9.17, 15) is 4.79 Å². The van der Waals surface area contributed by atoms with Gasteiger partial charge in [-0.1, -0.05) is 26.3 Å². The molecular formula is C16H34O4Si2. The second-order valence-corrected chi connectivity index (χ2v) is 15.9. The molecule has 0 atom stereocenters. The highest BCUT2D eigenvalue weighted by Gasteiger charge is 2.32. The summed E-state index contributed by atoms with van der Waals surface area (Å²) in [6.45, 7) is 17.9. The molecule has 0 radical (unpaired) electrons. The van der Waals surface area contributed by atoms with E-state index in [0.29, 0.717) is 18.8 Å². The molecule has 0 bridgehead atoms. The van der Waals surface area contributed by atoms with Gasteiger partial charge in [0.1, 0.15) is 6.61 Å². The van der Waals surface area contributed by atoms with Crippen LogP contribution in [-0.2, 0) is 18.4 Å². The second kappa shape index (κ2) is 10.4. The summed E-state index contributed by atoms with van der Waals surface area (Å²) in [5.41, 5.74) is 0.418. The maximum Gasteiger partial charge on any atom is 0.333 e. The molecule has 0 unspecified atom stereocenters. The second-order valence-electron chi connectivity index (χ2n) is 7.00. The summed E-state index contributed by atoms with van der Waals surface area (Å²) in [6.07, 6.45) is 2.49. The fourth-order valence-corrected chi connectivity index (χ4v) is 10.8. The maximum absolute atomic E-state index is 11.2. The van der Waals surface area contributed by atoms with Crippen molar-refractivity contribution in [2.45, 2.75) is 65.0 Å². The zero-order valence-electron chi connectivity index (χ0n) is 15.3. The van der Waals surface area contributed by atoms with Gasteiger partial charge in [0.05, 0.1) is 6.61 Å². The molecule has 0 fully saturated rings. The van der Waals surface area contributed by atoms with Crippen LogP contribution in [0.4, 0.5) is 0 Å². The van der Waals surface area contributed by atoms with Gasteiger partial charge in [0, 0.05) is 12.2 Å². The van der Waals surface area contributed by atoms with Crippen molar-refractivity contribution in [2.24, 2.45) is 0 Å². The normalized spacial score (nSPS) is 12.3. The molecule has 0 amide bonds. The Labute approximate surface area is 138 Å². The number of hydrogen-bond donors (Lipinski definition) is 0. The van der Waals surface area contributed by atoms with Crippen molar-refractivity contribution < 1.29 is 18.4 Å². The summed E-state index contributed by atoms with van der Waals surface area (Å²) in [6, 6.07) is 2.21. The molecule has 6 heteroatoms. The van der Waals surface area contributed by atoms with Gasteiger partial charge in [0.2, 0.25) is 0 Å². The minimum absolute atomic E-state index is 0.283. The summed E-state index contributed by atoms with van der Waals surface area (Å²) in [5, 5.41) is 0. The van der Waals surface area contributed by atoms with Crippen molar-refractivity contribution >= 4 is 22.6 Å². The molecule has 0 aliphatic heterocycles. The molecule has 0 aliphatic carbocycles. The number of carbonyl (C=O) groups is 1. The van der Waals surface area contributed by atoms with Crippen LogP contribution in [0, 0.1) is 0 Å². The molecule has 0 aromatic heterocycles. The Morgan fingerprint density at radius 3 is 2.14 bits per heavy atom. The average molecular weight is 347 g/mol. The molecule has 0 N–H and O–H groups in total. The lowest BCUT2D eigenvalue weighted by atomic mass is 10.4. The fraction of sp³-hybridized carbons (Fsp3) is 0.812. The third-order valence-electron chi connectivity index (χ3n) is 3.34. The molecule has 0 spiro atoms. The minimum atomic E-state index is -1.67. The average Bonchev–Trinajstić information content (AvgIpc) is 2.38. The van der Waals surface area contributed by atoms with Crippen LogP contribution in [0.1, 0.15) is 26.7 Å². The minimum Gasteiger partial charge on any atom is -0.460 e. The molecule has 0 saturated heterocycles. The van der Waals surface area contributed by atoms with Crippen molar-refractivity contribution in [3.05, 3.63) is 12.2 Å². The number of unbranched alkanes of at least 4 members (excludes halogenated alkanes) is 1. The molecule has 0 aliphatic rings. The highest BCUT2D eigenvalue weighted by Crippen LogP contribution is 2.23. The Hall–Kier alpha value is -0.436. The Kier molecular flexibility index (Phi) is 10.2. The van der Waals surface area contributed by atoms with Crippen molar-refractivity contribution in [3.8, 4) is 0 Å². The van der Waals surface area contributed by atoms with Gasteiger partial charge in [-0.3, -0.25) is 0 Å². The number of rotatable bonds is 12. The largest absolute Gasteiger partial charge is 0.460 e. The van der Waals surface area contributed by atoms with E-state index in [1.54, 1.807) is 6.92 Å². The van der Waals surface area contributed by atoms with Gasteiger partial charge in [-0.2, -0.15) is 0 Å². The van der Waals surface area contributed by atoms with Crippen LogP contribution in [0.3, 0.4) is 0 Å². The first-order valence-electron chi connectivity index (χ1n) is 8.20. The fourth-order valence-electron chi connectivity index (χ4n) is 2.19. The van der Waals surface area contributed by atoms with E-state index in [-0.39, 0.29) is 12.6 Å². The third-order valence-corrected chi connectivity index (χ3v) is 10.7. The Balaban J connectivity index is 3.88. The van der Waals surface area contributed by atoms with Gasteiger partial charge in [-0.05, 0) is 45.2 Å². The van der Waals surface area contributed by atoms with E-state index in [1.165, 1.54) is 18.9 Å². The van der Waals surface area contributed by atoms with E-state index >= 15 is 0 Å². The monoisotopic (exact) mass is 346 g/mol. The van der Waals surface area contributed by atoms with E-state index < -0.39 is 16.6 Å². The molecule has 130 valence electrons. The van der Waals surface area contributed by atoms with Crippen LogP contribution in [0.2, 0.25) is 38.3 Å². The lowest BCUT2D eigenvalue weighted by Gasteiger charge is -2.34. The predicted molar refractivity (Wildman–Crippen MR) is 97.2 cm³/mol. The maximum atomic E-state index is 11.2. The third kappa shape index (κ3) is 11.2. The van der Waals surface area contributed by atoms with Crippen LogP contribution in [-0.4, -0.2) is 42.4 Å². The van der Waals surface area contributed by atoms with Crippen LogP contribution < -0.4 is 0 Å². The topological polar surface area (TPSA) is 44.8 Å². The van der Waals surface area contributed by atoms with E-state index in [4.69, 9.17) is 13.6 Å². The van der Waals surface area contributed by atoms with Crippen molar-refractivity contribution in [3.63, 3.8) is 0 Å². The standard InChI is InChI=1S/C16H34O4Si2/c1-8-9-13-21(4,5)20-22(6,7)14-12-18-10-11-19-16(17)15(2)3/h2,8-14H2,1,3-7H3. The van der Waals surface area contributed by atoms with Crippen LogP contribution in [0.15, 0.2) is 12.2 Å². The van der Waals surface area contributed by atoms with E-state index in [2.05, 4.69) is 39.7 Å². The molecule has 0 aromatic carbocycles. The first-order chi connectivity index (χ1) is 10.1. The van der Waals surface area contributed by atoms with Crippen molar-refractivity contribution in [1.82, 2.24) is 0 Å². The van der Waals surface area contributed by atoms with Gasteiger partial charge in [-0.15, -0.1) is 0 Å². The molecule has 4 nitrogen and oxygen atoms in total. The molecular weight excluding hydrogens is 312 g/mol. The number of esters is 1. The summed E-state index contributed by atoms with van der Waals surface area (Å²) < 4.78 is 17.0. The number of carbonyl (C=O) groups excluding carboxylic acids is 1. The zero-order valence-corrected chi connectivity index (χ0v) is 17.3. The van der Waals surface area contributed by atoms with Crippen LogP contribution in [0.25, 0.3) is 0 Å². The smallest absolute Gasteiger partial charge is 0.333 e. The van der Waals surface area contributed by atoms with Gasteiger partial charge in [0.25, 0.3) is 0 Å². The molecule has 22 heavy (non-hydrogen) atoms. The number of ether oxygens (including phenoxy) is 2. The molecule has 0 saturated carbocycles. The number of hydrogen-bond acceptors (Lipinski definition) is 4. The van der Waals surface area contributed by atoms with Crippen molar-refractivity contribution in [2.75, 3.05) is 19.8 Å². The van der Waals surface area contributed by atoms with Crippen LogP contribution >= 0.6 is 0 Å². The Morgan fingerprint density at radius 2 is 1.59 bits per heavy atom. The quantitative estimate of drug-likeness (QED) is 0.228. The first kappa shape index (κ1) is 21.6. The van der Waals surface area contributed by atoms with Crippen molar-refractivity contribution in [1.29, 1.82) is 0 Å². The highest BCUT2D eigenvalue weighted by atomic mass is 28.4. The Bertz CT molecular complexity index is 354. The van der Waals surface area contributed by atoms with Crippen LogP contribution in [0.5, 0.6) is 0 Å². The molecule has 0 heterocycles.